The number of carbonyl (C=O) groups excluding carboxylic acids is 2. The van der Waals surface area contributed by atoms with Gasteiger partial charge in [-0.1, -0.05) is 42.0 Å². The number of aliphatic hydroxyl groups is 1. The number of ether oxygens (including phenoxy) is 1. The van der Waals surface area contributed by atoms with Gasteiger partial charge in [-0.05, 0) is 66.6 Å². The lowest BCUT2D eigenvalue weighted by molar-refractivity contribution is -0.140. The topological polar surface area (TPSA) is 100 Å². The van der Waals surface area contributed by atoms with Crippen LogP contribution in [0.3, 0.4) is 0 Å². The van der Waals surface area contributed by atoms with E-state index in [1.165, 1.54) is 23.3 Å². The van der Waals surface area contributed by atoms with E-state index >= 15 is 0 Å². The summed E-state index contributed by atoms with van der Waals surface area (Å²) in [5.74, 6) is -0.806. The molecule has 0 radical (unpaired) electrons. The van der Waals surface area contributed by atoms with Crippen LogP contribution in [0.15, 0.2) is 101 Å². The molecule has 7 heteroatoms. The van der Waals surface area contributed by atoms with Crippen molar-refractivity contribution in [2.24, 2.45) is 0 Å². The number of furan rings is 1. The number of rotatable bonds is 7. The molecule has 1 amide bonds. The molecule has 5 rings (SSSR count). The fourth-order valence-corrected chi connectivity index (χ4v) is 4.49. The summed E-state index contributed by atoms with van der Waals surface area (Å²) in [6.07, 6.45) is 1.48. The number of likely N-dealkylation sites (tertiary alicyclic amines) is 1. The minimum Gasteiger partial charge on any atom is -0.508 e. The molecule has 37 heavy (non-hydrogen) atoms. The summed E-state index contributed by atoms with van der Waals surface area (Å²) in [6.45, 7) is 2.44. The zero-order chi connectivity index (χ0) is 25.9. The van der Waals surface area contributed by atoms with Crippen LogP contribution in [-0.2, 0) is 22.7 Å². The predicted octanol–water partition coefficient (Wildman–Crippen LogP) is 5.49. The fourth-order valence-electron chi connectivity index (χ4n) is 4.49. The highest BCUT2D eigenvalue weighted by atomic mass is 16.5. The minimum absolute atomic E-state index is 0.0174. The number of phenolic OH excluding ortho intramolecular Hbond substituents is 1. The second-order valence-corrected chi connectivity index (χ2v) is 8.90. The first-order valence-electron chi connectivity index (χ1n) is 11.8. The zero-order valence-electron chi connectivity index (χ0n) is 20.1. The van der Waals surface area contributed by atoms with Crippen molar-refractivity contribution in [3.05, 3.63) is 125 Å². The SMILES string of the molecule is Cc1cccc(COc2ccc(C(O)=C3C(=O)C(=O)N(Cc4ccco4)[C@@H]3c3cccc(O)c3)cc2)c1. The molecule has 0 spiro atoms. The van der Waals surface area contributed by atoms with Gasteiger partial charge in [0.05, 0.1) is 24.4 Å². The normalized spacial score (nSPS) is 16.8. The van der Waals surface area contributed by atoms with Crippen molar-refractivity contribution in [1.29, 1.82) is 0 Å². The highest BCUT2D eigenvalue weighted by Gasteiger charge is 2.46. The summed E-state index contributed by atoms with van der Waals surface area (Å²) >= 11 is 0. The monoisotopic (exact) mass is 495 g/mol. The average Bonchev–Trinajstić information content (AvgIpc) is 3.50. The van der Waals surface area contributed by atoms with Gasteiger partial charge in [0.25, 0.3) is 11.7 Å². The molecule has 1 saturated heterocycles. The Morgan fingerprint density at radius 1 is 0.973 bits per heavy atom. The van der Waals surface area contributed by atoms with E-state index in [0.29, 0.717) is 29.2 Å². The van der Waals surface area contributed by atoms with Gasteiger partial charge < -0.3 is 24.3 Å². The van der Waals surface area contributed by atoms with E-state index in [1.54, 1.807) is 48.5 Å². The summed E-state index contributed by atoms with van der Waals surface area (Å²) in [4.78, 5) is 27.5. The average molecular weight is 496 g/mol. The number of aliphatic hydroxyl groups excluding tert-OH is 1. The molecule has 3 aromatic carbocycles. The minimum atomic E-state index is -0.908. The first kappa shape index (κ1) is 23.9. The Bertz CT molecular complexity index is 1470. The summed E-state index contributed by atoms with van der Waals surface area (Å²) in [5, 5.41) is 21.3. The van der Waals surface area contributed by atoms with Crippen molar-refractivity contribution < 1.29 is 29.0 Å². The Morgan fingerprint density at radius 3 is 2.46 bits per heavy atom. The lowest BCUT2D eigenvalue weighted by Crippen LogP contribution is -2.29. The molecule has 1 aromatic heterocycles. The van der Waals surface area contributed by atoms with E-state index in [2.05, 4.69) is 0 Å². The van der Waals surface area contributed by atoms with Crippen molar-refractivity contribution in [2.75, 3.05) is 0 Å². The quantitative estimate of drug-likeness (QED) is 0.200. The van der Waals surface area contributed by atoms with Gasteiger partial charge in [-0.3, -0.25) is 9.59 Å². The van der Waals surface area contributed by atoms with Crippen molar-refractivity contribution in [1.82, 2.24) is 4.90 Å². The van der Waals surface area contributed by atoms with Gasteiger partial charge in [0.1, 0.15) is 29.6 Å². The van der Waals surface area contributed by atoms with E-state index in [9.17, 15) is 19.8 Å². The number of hydrogen-bond acceptors (Lipinski definition) is 6. The summed E-state index contributed by atoms with van der Waals surface area (Å²) in [6, 6.07) is 23.5. The molecule has 2 heterocycles. The van der Waals surface area contributed by atoms with Crippen molar-refractivity contribution >= 4 is 17.4 Å². The first-order chi connectivity index (χ1) is 17.9. The third-order valence-electron chi connectivity index (χ3n) is 6.25. The summed E-state index contributed by atoms with van der Waals surface area (Å²) in [5.41, 5.74) is 2.98. The van der Waals surface area contributed by atoms with Crippen LogP contribution in [0.5, 0.6) is 11.5 Å². The van der Waals surface area contributed by atoms with Crippen molar-refractivity contribution in [3.8, 4) is 11.5 Å². The number of hydrogen-bond donors (Lipinski definition) is 2. The molecular weight excluding hydrogens is 470 g/mol. The van der Waals surface area contributed by atoms with E-state index in [1.807, 2.05) is 31.2 Å². The van der Waals surface area contributed by atoms with Gasteiger partial charge in [-0.2, -0.15) is 0 Å². The van der Waals surface area contributed by atoms with Gasteiger partial charge >= 0.3 is 0 Å². The number of ketones is 1. The van der Waals surface area contributed by atoms with E-state index in [-0.39, 0.29) is 23.6 Å². The maximum absolute atomic E-state index is 13.2. The molecule has 0 saturated carbocycles. The Morgan fingerprint density at radius 2 is 1.76 bits per heavy atom. The molecule has 1 fully saturated rings. The number of benzene rings is 3. The summed E-state index contributed by atoms with van der Waals surface area (Å²) in [7, 11) is 0. The van der Waals surface area contributed by atoms with Gasteiger partial charge in [0, 0.05) is 5.56 Å². The molecule has 0 aliphatic carbocycles. The Kier molecular flexibility index (Phi) is 6.51. The maximum atomic E-state index is 13.2. The van der Waals surface area contributed by atoms with Crippen LogP contribution < -0.4 is 4.74 Å². The van der Waals surface area contributed by atoms with Gasteiger partial charge in [-0.25, -0.2) is 0 Å². The molecule has 1 aliphatic heterocycles. The second-order valence-electron chi connectivity index (χ2n) is 8.90. The number of carbonyl (C=O) groups is 2. The van der Waals surface area contributed by atoms with Crippen LogP contribution >= 0.6 is 0 Å². The van der Waals surface area contributed by atoms with Crippen LogP contribution in [0.2, 0.25) is 0 Å². The highest BCUT2D eigenvalue weighted by Crippen LogP contribution is 2.41. The van der Waals surface area contributed by atoms with E-state index in [0.717, 1.165) is 11.1 Å². The molecule has 186 valence electrons. The largest absolute Gasteiger partial charge is 0.508 e. The second kappa shape index (κ2) is 10.1. The van der Waals surface area contributed by atoms with Gasteiger partial charge in [-0.15, -0.1) is 0 Å². The third-order valence-corrected chi connectivity index (χ3v) is 6.25. The Hall–Kier alpha value is -4.78. The maximum Gasteiger partial charge on any atom is 0.296 e. The zero-order valence-corrected chi connectivity index (χ0v) is 20.1. The van der Waals surface area contributed by atoms with E-state index in [4.69, 9.17) is 9.15 Å². The number of nitrogens with zero attached hydrogens (tertiary/aromatic N) is 1. The van der Waals surface area contributed by atoms with Gasteiger partial charge in [0.2, 0.25) is 0 Å². The Balaban J connectivity index is 1.47. The molecule has 7 nitrogen and oxygen atoms in total. The molecule has 0 unspecified atom stereocenters. The number of aromatic hydroxyl groups is 1. The predicted molar refractivity (Wildman–Crippen MR) is 137 cm³/mol. The third kappa shape index (κ3) is 4.97. The summed E-state index contributed by atoms with van der Waals surface area (Å²) < 4.78 is 11.3. The molecule has 1 atom stereocenters. The Labute approximate surface area is 213 Å². The smallest absolute Gasteiger partial charge is 0.296 e. The molecule has 2 N–H and O–H groups in total. The number of Topliss-reactive ketones (excluding diaryl/α,β-unsaturated/α-hetero) is 1. The number of aryl methyl sites for hydroxylation is 1. The van der Waals surface area contributed by atoms with Crippen LogP contribution in [-0.4, -0.2) is 26.8 Å². The van der Waals surface area contributed by atoms with Crippen LogP contribution in [0, 0.1) is 6.92 Å². The highest BCUT2D eigenvalue weighted by molar-refractivity contribution is 6.46. The molecule has 4 aromatic rings. The lowest BCUT2D eigenvalue weighted by Gasteiger charge is -2.24. The first-order valence-corrected chi connectivity index (χ1v) is 11.8. The number of phenols is 1. The van der Waals surface area contributed by atoms with Crippen LogP contribution in [0.25, 0.3) is 5.76 Å². The lowest BCUT2D eigenvalue weighted by atomic mass is 9.95. The van der Waals surface area contributed by atoms with Crippen molar-refractivity contribution in [3.63, 3.8) is 0 Å². The molecular formula is C30H25NO6. The molecule has 0 bridgehead atoms. The van der Waals surface area contributed by atoms with E-state index < -0.39 is 17.7 Å². The van der Waals surface area contributed by atoms with Crippen molar-refractivity contribution in [2.45, 2.75) is 26.1 Å². The number of amides is 1. The van der Waals surface area contributed by atoms with Crippen LogP contribution in [0.1, 0.15) is 34.1 Å². The van der Waals surface area contributed by atoms with Gasteiger partial charge in [0.15, 0.2) is 0 Å². The fraction of sp³-hybridized carbons (Fsp3) is 0.133. The standard InChI is InChI=1S/C30H25NO6/c1-19-5-2-6-20(15-19)18-37-24-12-10-21(11-13-24)28(33)26-27(22-7-3-8-23(32)16-22)31(30(35)29(26)34)17-25-9-4-14-36-25/h2-16,27,32-33H,17-18H2,1H3/t27-/m1/s1. The van der Waals surface area contributed by atoms with Crippen LogP contribution in [0.4, 0.5) is 0 Å². The molecule has 1 aliphatic rings.